The molecule has 0 radical (unpaired) electrons. The van der Waals surface area contributed by atoms with Crippen LogP contribution < -0.4 is 10.2 Å². The smallest absolute Gasteiger partial charge is 0.230 e. The van der Waals surface area contributed by atoms with Gasteiger partial charge in [0.2, 0.25) is 5.91 Å². The van der Waals surface area contributed by atoms with Gasteiger partial charge in [0.15, 0.2) is 11.8 Å². The quantitative estimate of drug-likeness (QED) is 0.757. The van der Waals surface area contributed by atoms with Crippen molar-refractivity contribution in [2.45, 2.75) is 30.7 Å². The molecule has 0 bridgehead atoms. The Hall–Kier alpha value is -1.72. The number of nitrogens with one attached hydrogen (secondary N) is 2. The van der Waals surface area contributed by atoms with Crippen molar-refractivity contribution >= 4 is 17.7 Å². The van der Waals surface area contributed by atoms with Crippen LogP contribution in [0.5, 0.6) is 0 Å². The van der Waals surface area contributed by atoms with Crippen LogP contribution in [0.2, 0.25) is 0 Å². The maximum absolute atomic E-state index is 12.2. The molecular weight excluding hydrogens is 320 g/mol. The van der Waals surface area contributed by atoms with Crippen molar-refractivity contribution < 1.29 is 14.1 Å². The number of amides is 1. The average Bonchev–Trinajstić information content (AvgIpc) is 3.28. The van der Waals surface area contributed by atoms with E-state index < -0.39 is 0 Å². The molecular formula is C19H25N2O2S+. The third-order valence-corrected chi connectivity index (χ3v) is 5.76. The summed E-state index contributed by atoms with van der Waals surface area (Å²) < 4.78 is 5.61. The third kappa shape index (κ3) is 4.42. The first kappa shape index (κ1) is 17.1. The molecule has 24 heavy (non-hydrogen) atoms. The number of thioether (sulfide) groups is 1. The van der Waals surface area contributed by atoms with Crippen molar-refractivity contribution in [1.82, 2.24) is 5.32 Å². The van der Waals surface area contributed by atoms with Crippen LogP contribution in [-0.4, -0.2) is 31.3 Å². The van der Waals surface area contributed by atoms with Gasteiger partial charge in [0.1, 0.15) is 0 Å². The second-order valence-corrected chi connectivity index (χ2v) is 7.31. The largest absolute Gasteiger partial charge is 0.463 e. The Morgan fingerprint density at radius 2 is 2.04 bits per heavy atom. The lowest BCUT2D eigenvalue weighted by Gasteiger charge is -2.23. The van der Waals surface area contributed by atoms with Crippen molar-refractivity contribution in [3.8, 4) is 0 Å². The third-order valence-electron chi connectivity index (χ3n) is 4.58. The van der Waals surface area contributed by atoms with Crippen LogP contribution in [0.15, 0.2) is 52.0 Å². The highest BCUT2D eigenvalue weighted by atomic mass is 32.2. The van der Waals surface area contributed by atoms with Gasteiger partial charge in [-0.1, -0.05) is 18.2 Å². The van der Waals surface area contributed by atoms with Gasteiger partial charge in [0.05, 0.1) is 31.7 Å². The first-order valence-electron chi connectivity index (χ1n) is 8.57. The summed E-state index contributed by atoms with van der Waals surface area (Å²) in [6.07, 6.45) is 4.22. The fourth-order valence-corrected chi connectivity index (χ4v) is 4.10. The van der Waals surface area contributed by atoms with Crippen LogP contribution in [0.3, 0.4) is 0 Å². The molecule has 0 unspecified atom stereocenters. The van der Waals surface area contributed by atoms with E-state index >= 15 is 0 Å². The molecule has 2 heterocycles. The maximum Gasteiger partial charge on any atom is 0.230 e. The van der Waals surface area contributed by atoms with Crippen LogP contribution in [0.4, 0.5) is 0 Å². The van der Waals surface area contributed by atoms with Crippen molar-refractivity contribution in [1.29, 1.82) is 0 Å². The Morgan fingerprint density at radius 3 is 2.75 bits per heavy atom. The molecule has 2 N–H and O–H groups in total. The fraction of sp³-hybridized carbons (Fsp3) is 0.421. The van der Waals surface area contributed by atoms with E-state index in [9.17, 15) is 4.79 Å². The van der Waals surface area contributed by atoms with E-state index in [0.29, 0.717) is 12.3 Å². The van der Waals surface area contributed by atoms with E-state index in [2.05, 4.69) is 24.4 Å². The highest BCUT2D eigenvalue weighted by molar-refractivity contribution is 8.00. The molecule has 1 aliphatic heterocycles. The number of hydrogen-bond donors (Lipinski definition) is 2. The molecule has 1 saturated heterocycles. The number of rotatable bonds is 7. The summed E-state index contributed by atoms with van der Waals surface area (Å²) in [5.74, 6) is 1.50. The highest BCUT2D eigenvalue weighted by Gasteiger charge is 2.29. The maximum atomic E-state index is 12.2. The minimum Gasteiger partial charge on any atom is -0.463 e. The Morgan fingerprint density at radius 1 is 1.25 bits per heavy atom. The predicted molar refractivity (Wildman–Crippen MR) is 96.3 cm³/mol. The number of carbonyl (C=O) groups is 1. The van der Waals surface area contributed by atoms with Crippen LogP contribution in [0.25, 0.3) is 0 Å². The Balaban J connectivity index is 1.52. The number of hydrogen-bond acceptors (Lipinski definition) is 3. The van der Waals surface area contributed by atoms with E-state index in [1.54, 1.807) is 18.0 Å². The Labute approximate surface area is 147 Å². The predicted octanol–water partition coefficient (Wildman–Crippen LogP) is 2.22. The molecule has 0 aliphatic carbocycles. The Kier molecular flexibility index (Phi) is 5.99. The molecule has 3 rings (SSSR count). The van der Waals surface area contributed by atoms with Gasteiger partial charge in [-0.05, 0) is 30.7 Å². The molecule has 1 atom stereocenters. The van der Waals surface area contributed by atoms with E-state index in [0.717, 1.165) is 18.8 Å². The van der Waals surface area contributed by atoms with E-state index in [-0.39, 0.29) is 11.9 Å². The number of aryl methyl sites for hydroxylation is 1. The summed E-state index contributed by atoms with van der Waals surface area (Å²) >= 11 is 1.59. The highest BCUT2D eigenvalue weighted by Crippen LogP contribution is 2.21. The minimum atomic E-state index is 0.0819. The Bertz CT molecular complexity index is 651. The molecule has 1 fully saturated rings. The molecule has 5 heteroatoms. The van der Waals surface area contributed by atoms with Gasteiger partial charge in [-0.2, -0.15) is 0 Å². The average molecular weight is 345 g/mol. The molecule has 1 aromatic heterocycles. The van der Waals surface area contributed by atoms with Gasteiger partial charge < -0.3 is 14.6 Å². The second kappa shape index (κ2) is 8.40. The summed E-state index contributed by atoms with van der Waals surface area (Å²) in [5, 5.41) is 3.10. The van der Waals surface area contributed by atoms with Crippen LogP contribution >= 0.6 is 11.8 Å². The zero-order chi connectivity index (χ0) is 16.8. The van der Waals surface area contributed by atoms with Gasteiger partial charge in [0, 0.05) is 17.7 Å². The summed E-state index contributed by atoms with van der Waals surface area (Å²) in [6.45, 7) is 5.01. The van der Waals surface area contributed by atoms with Gasteiger partial charge >= 0.3 is 0 Å². The standard InChI is InChI=1S/C19H24N2O2S/c1-15-7-2-3-9-18(15)24-14-19(22)20-13-16(17-8-6-12-23-17)21-10-4-5-11-21/h2-3,6-9,12,16H,4-5,10-11,13-14H2,1H3,(H,20,22)/p+1/t16-/m0/s1. The topological polar surface area (TPSA) is 46.7 Å². The van der Waals surface area contributed by atoms with Crippen molar-refractivity contribution in [3.05, 3.63) is 54.0 Å². The monoisotopic (exact) mass is 345 g/mol. The van der Waals surface area contributed by atoms with Crippen LogP contribution in [-0.2, 0) is 4.79 Å². The lowest BCUT2D eigenvalue weighted by atomic mass is 10.2. The second-order valence-electron chi connectivity index (χ2n) is 6.29. The number of quaternary nitrogens is 1. The SMILES string of the molecule is Cc1ccccc1SCC(=O)NC[C@@H](c1ccco1)[NH+]1CCCC1. The minimum absolute atomic E-state index is 0.0819. The normalized spacial score (nSPS) is 16.2. The first-order valence-corrected chi connectivity index (χ1v) is 9.55. The van der Waals surface area contributed by atoms with Crippen molar-refractivity contribution in [2.75, 3.05) is 25.4 Å². The van der Waals surface area contributed by atoms with E-state index in [4.69, 9.17) is 4.42 Å². The summed E-state index contributed by atoms with van der Waals surface area (Å²) in [6, 6.07) is 12.3. The molecule has 0 spiro atoms. The zero-order valence-corrected chi connectivity index (χ0v) is 14.9. The molecule has 1 aromatic carbocycles. The van der Waals surface area contributed by atoms with Gasteiger partial charge in [-0.15, -0.1) is 11.8 Å². The lowest BCUT2D eigenvalue weighted by molar-refractivity contribution is -0.919. The van der Waals surface area contributed by atoms with E-state index in [1.165, 1.54) is 28.2 Å². The number of furan rings is 1. The molecule has 128 valence electrons. The van der Waals surface area contributed by atoms with Crippen LogP contribution in [0.1, 0.15) is 30.2 Å². The number of benzene rings is 1. The van der Waals surface area contributed by atoms with E-state index in [1.807, 2.05) is 24.3 Å². The number of carbonyl (C=O) groups excluding carboxylic acids is 1. The van der Waals surface area contributed by atoms with Crippen molar-refractivity contribution in [3.63, 3.8) is 0 Å². The summed E-state index contributed by atoms with van der Waals surface area (Å²) in [5.41, 5.74) is 1.21. The first-order chi connectivity index (χ1) is 11.7. The summed E-state index contributed by atoms with van der Waals surface area (Å²) in [4.78, 5) is 14.9. The molecule has 1 aliphatic rings. The molecule has 0 saturated carbocycles. The van der Waals surface area contributed by atoms with Crippen LogP contribution in [0, 0.1) is 6.92 Å². The zero-order valence-electron chi connectivity index (χ0n) is 14.1. The fourth-order valence-electron chi connectivity index (χ4n) is 3.24. The number of likely N-dealkylation sites (tertiary alicyclic amines) is 1. The van der Waals surface area contributed by atoms with Crippen molar-refractivity contribution in [2.24, 2.45) is 0 Å². The van der Waals surface area contributed by atoms with Gasteiger partial charge in [-0.25, -0.2) is 0 Å². The van der Waals surface area contributed by atoms with Gasteiger partial charge in [-0.3, -0.25) is 4.79 Å². The molecule has 2 aromatic rings. The van der Waals surface area contributed by atoms with Gasteiger partial charge in [0.25, 0.3) is 0 Å². The lowest BCUT2D eigenvalue weighted by Crippen LogP contribution is -3.11. The molecule has 1 amide bonds. The molecule has 4 nitrogen and oxygen atoms in total. The summed E-state index contributed by atoms with van der Waals surface area (Å²) in [7, 11) is 0.